The van der Waals surface area contributed by atoms with Crippen LogP contribution in [0.3, 0.4) is 0 Å². The summed E-state index contributed by atoms with van der Waals surface area (Å²) in [6.07, 6.45) is 2.86. The van der Waals surface area contributed by atoms with Crippen LogP contribution in [0.4, 0.5) is 5.82 Å². The highest BCUT2D eigenvalue weighted by Crippen LogP contribution is 2.31. The average molecular weight is 551 g/mol. The summed E-state index contributed by atoms with van der Waals surface area (Å²) in [5.74, 6) is 3.94. The Bertz CT molecular complexity index is 1530. The molecule has 0 amide bonds. The van der Waals surface area contributed by atoms with Crippen molar-refractivity contribution in [3.05, 3.63) is 30.1 Å². The summed E-state index contributed by atoms with van der Waals surface area (Å²) in [5.41, 5.74) is 3.40. The molecule has 206 valence electrons. The topological polar surface area (TPSA) is 103 Å². The van der Waals surface area contributed by atoms with Crippen molar-refractivity contribution in [2.75, 3.05) is 55.8 Å². The molecule has 0 unspecified atom stereocenters. The third-order valence-corrected chi connectivity index (χ3v) is 9.51. The van der Waals surface area contributed by atoms with Crippen LogP contribution in [0.25, 0.3) is 28.1 Å². The molecule has 3 fully saturated rings. The SMILES string of the molecule is CCc1nc2ccccc2n1-c1nc(N2CCOCC2)c2nc(OC3CN(C4CCS(=O)CC4)C3)n(C)c2n1. The Kier molecular flexibility index (Phi) is 6.48. The summed E-state index contributed by atoms with van der Waals surface area (Å²) >= 11 is 0. The zero-order valence-corrected chi connectivity index (χ0v) is 23.3. The molecule has 3 aliphatic heterocycles. The molecule has 0 spiro atoms. The monoisotopic (exact) mass is 550 g/mol. The van der Waals surface area contributed by atoms with Crippen molar-refractivity contribution in [2.45, 2.75) is 38.3 Å². The Labute approximate surface area is 229 Å². The third kappa shape index (κ3) is 4.48. The zero-order valence-electron chi connectivity index (χ0n) is 22.5. The van der Waals surface area contributed by atoms with Crippen LogP contribution in [-0.4, -0.2) is 101 Å². The molecule has 3 aromatic heterocycles. The van der Waals surface area contributed by atoms with E-state index in [0.29, 0.717) is 31.2 Å². The molecule has 0 N–H and O–H groups in total. The number of hydrogen-bond donors (Lipinski definition) is 0. The predicted octanol–water partition coefficient (Wildman–Crippen LogP) is 2.08. The van der Waals surface area contributed by atoms with Crippen LogP contribution in [0, 0.1) is 0 Å². The molecule has 3 saturated heterocycles. The van der Waals surface area contributed by atoms with Crippen LogP contribution in [0.5, 0.6) is 6.01 Å². The second kappa shape index (κ2) is 10.1. The van der Waals surface area contributed by atoms with E-state index in [4.69, 9.17) is 29.4 Å². The molecule has 12 heteroatoms. The number of hydrogen-bond acceptors (Lipinski definition) is 9. The van der Waals surface area contributed by atoms with Gasteiger partial charge < -0.3 is 14.4 Å². The number of benzene rings is 1. The van der Waals surface area contributed by atoms with Gasteiger partial charge in [0.05, 0.1) is 24.2 Å². The number of imidazole rings is 2. The Morgan fingerprint density at radius 3 is 2.59 bits per heavy atom. The largest absolute Gasteiger partial charge is 0.459 e. The fraction of sp³-hybridized carbons (Fsp3) is 0.556. The van der Waals surface area contributed by atoms with Gasteiger partial charge in [0.15, 0.2) is 17.0 Å². The van der Waals surface area contributed by atoms with Gasteiger partial charge in [-0.2, -0.15) is 15.0 Å². The summed E-state index contributed by atoms with van der Waals surface area (Å²) in [4.78, 5) is 24.6. The van der Waals surface area contributed by atoms with Gasteiger partial charge in [0, 0.05) is 68.0 Å². The Balaban J connectivity index is 1.24. The lowest BCUT2D eigenvalue weighted by Gasteiger charge is -2.44. The number of aromatic nitrogens is 6. The normalized spacial score (nSPS) is 23.0. The summed E-state index contributed by atoms with van der Waals surface area (Å²) in [6, 6.07) is 9.19. The third-order valence-electron chi connectivity index (χ3n) is 8.13. The number of nitrogens with zero attached hydrogens (tertiary/aromatic N) is 8. The molecule has 7 rings (SSSR count). The first-order valence-corrected chi connectivity index (χ1v) is 15.4. The molecule has 0 saturated carbocycles. The van der Waals surface area contributed by atoms with Gasteiger partial charge in [-0.3, -0.25) is 18.2 Å². The minimum atomic E-state index is -0.638. The number of likely N-dealkylation sites (tertiary alicyclic amines) is 1. The van der Waals surface area contributed by atoms with Gasteiger partial charge in [0.1, 0.15) is 11.9 Å². The molecule has 3 aliphatic rings. The smallest absolute Gasteiger partial charge is 0.298 e. The standard InChI is InChI=1S/C27H34N8O3S/c1-3-22-28-20-6-4-5-7-21(20)35(22)26-30-24-23(25(31-26)33-10-12-37-13-11-33)29-27(32(24)2)38-19-16-34(17-19)18-8-14-39(36)15-9-18/h4-7,18-19H,3,8-17H2,1-2H3. The van der Waals surface area contributed by atoms with E-state index in [1.54, 1.807) is 0 Å². The van der Waals surface area contributed by atoms with Crippen LogP contribution in [0.2, 0.25) is 0 Å². The fourth-order valence-corrected chi connectivity index (χ4v) is 7.16. The molecule has 1 aromatic carbocycles. The maximum absolute atomic E-state index is 11.7. The van der Waals surface area contributed by atoms with Crippen molar-refractivity contribution in [3.8, 4) is 12.0 Å². The lowest BCUT2D eigenvalue weighted by molar-refractivity contribution is -0.0171. The molecule has 39 heavy (non-hydrogen) atoms. The molecular weight excluding hydrogens is 516 g/mol. The number of ether oxygens (including phenoxy) is 2. The minimum Gasteiger partial charge on any atom is -0.459 e. The van der Waals surface area contributed by atoms with Crippen LogP contribution < -0.4 is 9.64 Å². The average Bonchev–Trinajstić information content (AvgIpc) is 3.48. The van der Waals surface area contributed by atoms with E-state index in [2.05, 4.69) is 27.4 Å². The van der Waals surface area contributed by atoms with Gasteiger partial charge >= 0.3 is 0 Å². The van der Waals surface area contributed by atoms with Gasteiger partial charge in [-0.15, -0.1) is 0 Å². The van der Waals surface area contributed by atoms with Crippen molar-refractivity contribution in [1.29, 1.82) is 0 Å². The molecule has 0 bridgehead atoms. The quantitative estimate of drug-likeness (QED) is 0.357. The van der Waals surface area contributed by atoms with Gasteiger partial charge in [-0.25, -0.2) is 4.98 Å². The summed E-state index contributed by atoms with van der Waals surface area (Å²) in [6.45, 7) is 6.63. The van der Waals surface area contributed by atoms with Crippen molar-refractivity contribution in [3.63, 3.8) is 0 Å². The second-order valence-electron chi connectivity index (χ2n) is 10.6. The zero-order chi connectivity index (χ0) is 26.5. The van der Waals surface area contributed by atoms with Gasteiger partial charge in [-0.1, -0.05) is 19.1 Å². The second-order valence-corrected chi connectivity index (χ2v) is 12.2. The van der Waals surface area contributed by atoms with E-state index >= 15 is 0 Å². The lowest BCUT2D eigenvalue weighted by atomic mass is 10.0. The first kappa shape index (κ1) is 24.9. The van der Waals surface area contributed by atoms with Gasteiger partial charge in [-0.05, 0) is 25.0 Å². The summed E-state index contributed by atoms with van der Waals surface area (Å²) < 4.78 is 27.8. The van der Waals surface area contributed by atoms with E-state index in [0.717, 1.165) is 90.8 Å². The van der Waals surface area contributed by atoms with Crippen molar-refractivity contribution < 1.29 is 13.7 Å². The van der Waals surface area contributed by atoms with E-state index in [1.165, 1.54) is 0 Å². The highest BCUT2D eigenvalue weighted by Gasteiger charge is 2.36. The first-order valence-electron chi connectivity index (χ1n) is 13.9. The number of para-hydroxylation sites is 2. The van der Waals surface area contributed by atoms with Gasteiger partial charge in [0.2, 0.25) is 5.95 Å². The summed E-state index contributed by atoms with van der Waals surface area (Å²) in [7, 11) is 1.32. The Hall–Kier alpha value is -3.09. The Morgan fingerprint density at radius 2 is 1.82 bits per heavy atom. The molecule has 0 radical (unpaired) electrons. The van der Waals surface area contributed by atoms with E-state index < -0.39 is 10.8 Å². The van der Waals surface area contributed by atoms with Crippen LogP contribution >= 0.6 is 0 Å². The Morgan fingerprint density at radius 1 is 1.05 bits per heavy atom. The highest BCUT2D eigenvalue weighted by molar-refractivity contribution is 7.85. The predicted molar refractivity (Wildman–Crippen MR) is 150 cm³/mol. The number of fused-ring (bicyclic) bond motifs is 2. The maximum atomic E-state index is 11.7. The molecular formula is C27H34N8O3S. The molecule has 4 aromatic rings. The molecule has 11 nitrogen and oxygen atoms in total. The molecule has 0 aliphatic carbocycles. The van der Waals surface area contributed by atoms with E-state index in [9.17, 15) is 4.21 Å². The van der Waals surface area contributed by atoms with Crippen LogP contribution in [0.1, 0.15) is 25.6 Å². The van der Waals surface area contributed by atoms with Crippen molar-refractivity contribution >= 4 is 38.8 Å². The van der Waals surface area contributed by atoms with Crippen molar-refractivity contribution in [2.24, 2.45) is 7.05 Å². The molecule has 6 heterocycles. The van der Waals surface area contributed by atoms with E-state index in [-0.39, 0.29) is 6.10 Å². The highest BCUT2D eigenvalue weighted by atomic mass is 32.2. The van der Waals surface area contributed by atoms with E-state index in [1.807, 2.05) is 29.8 Å². The first-order chi connectivity index (χ1) is 19.1. The fourth-order valence-electron chi connectivity index (χ4n) is 5.89. The number of rotatable bonds is 6. The van der Waals surface area contributed by atoms with Crippen LogP contribution in [0.15, 0.2) is 24.3 Å². The minimum absolute atomic E-state index is 0.0801. The van der Waals surface area contributed by atoms with Gasteiger partial charge in [0.25, 0.3) is 6.01 Å². The lowest BCUT2D eigenvalue weighted by Crippen LogP contribution is -2.59. The summed E-state index contributed by atoms with van der Waals surface area (Å²) in [5, 5.41) is 0. The van der Waals surface area contributed by atoms with Crippen LogP contribution in [-0.2, 0) is 29.0 Å². The maximum Gasteiger partial charge on any atom is 0.298 e. The number of anilines is 1. The number of aryl methyl sites for hydroxylation is 2. The van der Waals surface area contributed by atoms with Crippen molar-refractivity contribution in [1.82, 2.24) is 34.0 Å². The number of morpholine rings is 1. The molecule has 0 atom stereocenters.